The van der Waals surface area contributed by atoms with E-state index in [1.54, 1.807) is 0 Å². The summed E-state index contributed by atoms with van der Waals surface area (Å²) in [5.41, 5.74) is 1.08. The van der Waals surface area contributed by atoms with Gasteiger partial charge in [-0.15, -0.1) is 5.10 Å². The quantitative estimate of drug-likeness (QED) is 0.892. The van der Waals surface area contributed by atoms with Crippen LogP contribution in [0.3, 0.4) is 0 Å². The topological polar surface area (TPSA) is 56.8 Å². The minimum Gasteiger partial charge on any atom is -0.340 e. The lowest BCUT2D eigenvalue weighted by Gasteiger charge is -2.30. The Morgan fingerprint density at radius 1 is 1.25 bits per heavy atom. The highest BCUT2D eigenvalue weighted by molar-refractivity contribution is 5.55. The van der Waals surface area contributed by atoms with Gasteiger partial charge < -0.3 is 10.2 Å². The van der Waals surface area contributed by atoms with Gasteiger partial charge in [-0.1, -0.05) is 30.3 Å². The van der Waals surface area contributed by atoms with E-state index in [0.29, 0.717) is 0 Å². The van der Waals surface area contributed by atoms with Crippen LogP contribution in [-0.4, -0.2) is 41.9 Å². The Morgan fingerprint density at radius 2 is 2.00 bits per heavy atom. The summed E-state index contributed by atoms with van der Waals surface area (Å²) in [7, 11) is 2.02. The molecule has 2 N–H and O–H groups in total. The number of H-pyrrole nitrogens is 1. The Bertz CT molecular complexity index is 528. The maximum atomic E-state index is 4.62. The predicted molar refractivity (Wildman–Crippen MR) is 80.7 cm³/mol. The lowest BCUT2D eigenvalue weighted by Crippen LogP contribution is -2.37. The van der Waals surface area contributed by atoms with Crippen molar-refractivity contribution in [2.45, 2.75) is 12.8 Å². The van der Waals surface area contributed by atoms with Gasteiger partial charge in [0.15, 0.2) is 5.82 Å². The van der Waals surface area contributed by atoms with Crippen molar-refractivity contribution in [1.29, 1.82) is 0 Å². The number of anilines is 1. The third kappa shape index (κ3) is 2.82. The van der Waals surface area contributed by atoms with Crippen LogP contribution < -0.4 is 10.2 Å². The molecule has 106 valence electrons. The highest BCUT2D eigenvalue weighted by Gasteiger charge is 2.21. The highest BCUT2D eigenvalue weighted by atomic mass is 15.4. The van der Waals surface area contributed by atoms with Gasteiger partial charge >= 0.3 is 0 Å². The minimum absolute atomic E-state index is 0.781. The Labute approximate surface area is 119 Å². The van der Waals surface area contributed by atoms with Crippen LogP contribution in [0.5, 0.6) is 0 Å². The zero-order valence-corrected chi connectivity index (χ0v) is 11.8. The molecule has 0 atom stereocenters. The van der Waals surface area contributed by atoms with Gasteiger partial charge in [0.25, 0.3) is 0 Å². The Hall–Kier alpha value is -1.88. The summed E-state index contributed by atoms with van der Waals surface area (Å²) in [5, 5.41) is 10.7. The fourth-order valence-electron chi connectivity index (χ4n) is 2.75. The Kier molecular flexibility index (Phi) is 3.97. The summed E-state index contributed by atoms with van der Waals surface area (Å²) in [6.07, 6.45) is 2.41. The SMILES string of the molecule is CNCC1CCN(c2n[nH]c(-c3ccccc3)n2)CC1. The largest absolute Gasteiger partial charge is 0.340 e. The second kappa shape index (κ2) is 6.05. The molecule has 2 heterocycles. The molecule has 1 aliphatic rings. The lowest BCUT2D eigenvalue weighted by atomic mass is 9.97. The number of hydrogen-bond acceptors (Lipinski definition) is 4. The fourth-order valence-corrected chi connectivity index (χ4v) is 2.75. The van der Waals surface area contributed by atoms with E-state index in [4.69, 9.17) is 0 Å². The molecule has 1 fully saturated rings. The number of piperidine rings is 1. The normalized spacial score (nSPS) is 16.6. The van der Waals surface area contributed by atoms with Crippen molar-refractivity contribution in [2.24, 2.45) is 5.92 Å². The van der Waals surface area contributed by atoms with E-state index in [2.05, 4.69) is 25.4 Å². The first-order valence-electron chi connectivity index (χ1n) is 7.24. The van der Waals surface area contributed by atoms with Crippen LogP contribution in [0.25, 0.3) is 11.4 Å². The summed E-state index contributed by atoms with van der Waals surface area (Å²) < 4.78 is 0. The molecule has 1 aromatic heterocycles. The van der Waals surface area contributed by atoms with Crippen LogP contribution in [0.4, 0.5) is 5.95 Å². The number of aromatic nitrogens is 3. The van der Waals surface area contributed by atoms with Crippen molar-refractivity contribution >= 4 is 5.95 Å². The van der Waals surface area contributed by atoms with Gasteiger partial charge in [-0.2, -0.15) is 4.98 Å². The van der Waals surface area contributed by atoms with Crippen molar-refractivity contribution in [3.63, 3.8) is 0 Å². The van der Waals surface area contributed by atoms with Crippen LogP contribution in [0.15, 0.2) is 30.3 Å². The van der Waals surface area contributed by atoms with E-state index >= 15 is 0 Å². The highest BCUT2D eigenvalue weighted by Crippen LogP contribution is 2.22. The summed E-state index contributed by atoms with van der Waals surface area (Å²) in [6.45, 7) is 3.19. The molecule has 0 spiro atoms. The number of nitrogens with one attached hydrogen (secondary N) is 2. The third-order valence-corrected chi connectivity index (χ3v) is 3.91. The lowest BCUT2D eigenvalue weighted by molar-refractivity contribution is 0.391. The molecule has 0 bridgehead atoms. The Morgan fingerprint density at radius 3 is 2.70 bits per heavy atom. The predicted octanol–water partition coefficient (Wildman–Crippen LogP) is 1.91. The van der Waals surface area contributed by atoms with E-state index in [1.807, 2.05) is 37.4 Å². The molecule has 0 unspecified atom stereocenters. The van der Waals surface area contributed by atoms with Crippen molar-refractivity contribution in [2.75, 3.05) is 31.6 Å². The van der Waals surface area contributed by atoms with Gasteiger partial charge in [0.1, 0.15) is 0 Å². The molecule has 1 aliphatic heterocycles. The first-order valence-corrected chi connectivity index (χ1v) is 7.24. The smallest absolute Gasteiger partial charge is 0.245 e. The molecule has 5 nitrogen and oxygen atoms in total. The van der Waals surface area contributed by atoms with Crippen LogP contribution >= 0.6 is 0 Å². The van der Waals surface area contributed by atoms with Crippen molar-refractivity contribution in [3.8, 4) is 11.4 Å². The van der Waals surface area contributed by atoms with Crippen molar-refractivity contribution in [1.82, 2.24) is 20.5 Å². The van der Waals surface area contributed by atoms with Gasteiger partial charge in [0.2, 0.25) is 5.95 Å². The van der Waals surface area contributed by atoms with Crippen molar-refractivity contribution in [3.05, 3.63) is 30.3 Å². The molecule has 0 radical (unpaired) electrons. The fraction of sp³-hybridized carbons (Fsp3) is 0.467. The molecule has 3 rings (SSSR count). The van der Waals surface area contributed by atoms with Gasteiger partial charge in [-0.3, -0.25) is 5.10 Å². The number of benzene rings is 1. The monoisotopic (exact) mass is 271 g/mol. The molecule has 0 aliphatic carbocycles. The summed E-state index contributed by atoms with van der Waals surface area (Å²) >= 11 is 0. The molecule has 20 heavy (non-hydrogen) atoms. The van der Waals surface area contributed by atoms with Gasteiger partial charge in [0.05, 0.1) is 0 Å². The maximum absolute atomic E-state index is 4.62. The molecular formula is C15H21N5. The molecular weight excluding hydrogens is 250 g/mol. The number of aromatic amines is 1. The van der Waals surface area contributed by atoms with Crippen molar-refractivity contribution < 1.29 is 0 Å². The van der Waals surface area contributed by atoms with Crippen LogP contribution in [0.1, 0.15) is 12.8 Å². The first-order chi connectivity index (χ1) is 9.86. The second-order valence-electron chi connectivity index (χ2n) is 5.34. The zero-order chi connectivity index (χ0) is 13.8. The average Bonchev–Trinajstić information content (AvgIpc) is 2.99. The van der Waals surface area contributed by atoms with Crippen LogP contribution in [-0.2, 0) is 0 Å². The van der Waals surface area contributed by atoms with E-state index < -0.39 is 0 Å². The van der Waals surface area contributed by atoms with E-state index in [-0.39, 0.29) is 0 Å². The molecule has 0 amide bonds. The van der Waals surface area contributed by atoms with E-state index in [9.17, 15) is 0 Å². The number of rotatable bonds is 4. The number of nitrogens with zero attached hydrogens (tertiary/aromatic N) is 3. The van der Waals surface area contributed by atoms with Gasteiger partial charge in [0, 0.05) is 18.7 Å². The molecule has 1 aromatic carbocycles. The molecule has 1 saturated heterocycles. The first kappa shape index (κ1) is 13.1. The zero-order valence-electron chi connectivity index (χ0n) is 11.8. The van der Waals surface area contributed by atoms with Gasteiger partial charge in [-0.25, -0.2) is 0 Å². The maximum Gasteiger partial charge on any atom is 0.245 e. The van der Waals surface area contributed by atoms with E-state index in [0.717, 1.165) is 42.9 Å². The standard InChI is InChI=1S/C15H21N5/c1-16-11-12-7-9-20(10-8-12)15-17-14(18-19-15)13-5-3-2-4-6-13/h2-6,12,16H,7-11H2,1H3,(H,17,18,19). The average molecular weight is 271 g/mol. The molecule has 2 aromatic rings. The van der Waals surface area contributed by atoms with Gasteiger partial charge in [-0.05, 0) is 32.4 Å². The van der Waals surface area contributed by atoms with Crippen LogP contribution in [0.2, 0.25) is 0 Å². The summed E-state index contributed by atoms with van der Waals surface area (Å²) in [4.78, 5) is 6.89. The summed E-state index contributed by atoms with van der Waals surface area (Å²) in [6, 6.07) is 10.1. The molecule has 5 heteroatoms. The molecule has 0 saturated carbocycles. The Balaban J connectivity index is 1.66. The van der Waals surface area contributed by atoms with E-state index in [1.165, 1.54) is 12.8 Å². The second-order valence-corrected chi connectivity index (χ2v) is 5.34. The number of hydrogen-bond donors (Lipinski definition) is 2. The third-order valence-electron chi connectivity index (χ3n) is 3.91. The minimum atomic E-state index is 0.781. The van der Waals surface area contributed by atoms with Crippen LogP contribution in [0, 0.1) is 5.92 Å². The summed E-state index contributed by atoms with van der Waals surface area (Å²) in [5.74, 6) is 2.45.